The van der Waals surface area contributed by atoms with Crippen molar-refractivity contribution in [2.45, 2.75) is 13.0 Å². The van der Waals surface area contributed by atoms with E-state index in [1.54, 1.807) is 0 Å². The summed E-state index contributed by atoms with van der Waals surface area (Å²) >= 11 is 0. The minimum Gasteiger partial charge on any atom is -0.506 e. The third kappa shape index (κ3) is 1.89. The molecule has 6 heteroatoms. The molecule has 0 saturated heterocycles. The van der Waals surface area contributed by atoms with Gasteiger partial charge < -0.3 is 10.8 Å². The molecule has 0 fully saturated rings. The Balaban J connectivity index is 3.22. The molecule has 1 rings (SSSR count). The molecule has 1 heterocycles. The highest BCUT2D eigenvalue weighted by Gasteiger charge is 2.17. The molecule has 0 aliphatic rings. The molecular formula is C7H7F3N2O. The third-order valence-corrected chi connectivity index (χ3v) is 1.46. The fraction of sp³-hybridized carbons (Fsp3) is 0.286. The van der Waals surface area contributed by atoms with Crippen molar-refractivity contribution in [3.05, 3.63) is 23.3 Å². The molecule has 0 spiro atoms. The van der Waals surface area contributed by atoms with Crippen molar-refractivity contribution >= 4 is 0 Å². The maximum absolute atomic E-state index is 12.7. The highest BCUT2D eigenvalue weighted by atomic mass is 19.3. The lowest BCUT2D eigenvalue weighted by Crippen LogP contribution is -2.05. The quantitative estimate of drug-likeness (QED) is 0.742. The number of nitrogens with zero attached hydrogens (tertiary/aromatic N) is 1. The van der Waals surface area contributed by atoms with Crippen LogP contribution in [0.5, 0.6) is 5.75 Å². The van der Waals surface area contributed by atoms with Crippen molar-refractivity contribution in [2.24, 2.45) is 5.73 Å². The van der Waals surface area contributed by atoms with Crippen LogP contribution in [0, 0.1) is 5.82 Å². The Labute approximate surface area is 72.0 Å². The Morgan fingerprint density at radius 3 is 2.62 bits per heavy atom. The fourth-order valence-corrected chi connectivity index (χ4v) is 0.837. The van der Waals surface area contributed by atoms with Crippen molar-refractivity contribution in [1.29, 1.82) is 0 Å². The van der Waals surface area contributed by atoms with Crippen LogP contribution in [0.15, 0.2) is 6.07 Å². The Hall–Kier alpha value is -1.30. The van der Waals surface area contributed by atoms with Gasteiger partial charge in [0.05, 0.1) is 5.69 Å². The lowest BCUT2D eigenvalue weighted by Gasteiger charge is -2.05. The molecule has 13 heavy (non-hydrogen) atoms. The second kappa shape index (κ2) is 3.61. The van der Waals surface area contributed by atoms with Gasteiger partial charge in [-0.2, -0.15) is 0 Å². The highest BCUT2D eigenvalue weighted by molar-refractivity contribution is 5.29. The van der Waals surface area contributed by atoms with Gasteiger partial charge >= 0.3 is 0 Å². The molecule has 72 valence electrons. The van der Waals surface area contributed by atoms with Gasteiger partial charge in [0.2, 0.25) is 0 Å². The Kier molecular flexibility index (Phi) is 2.72. The van der Waals surface area contributed by atoms with Gasteiger partial charge in [-0.05, 0) is 0 Å². The van der Waals surface area contributed by atoms with Crippen LogP contribution in [0.1, 0.15) is 17.8 Å². The predicted octanol–water partition coefficient (Wildman–Crippen LogP) is 1.32. The summed E-state index contributed by atoms with van der Waals surface area (Å²) in [5.74, 6) is -1.74. The maximum Gasteiger partial charge on any atom is 0.283 e. The van der Waals surface area contributed by atoms with Gasteiger partial charge in [-0.1, -0.05) is 0 Å². The average molecular weight is 192 g/mol. The number of halogens is 3. The first-order valence-electron chi connectivity index (χ1n) is 3.42. The van der Waals surface area contributed by atoms with Crippen LogP contribution >= 0.6 is 0 Å². The van der Waals surface area contributed by atoms with Crippen molar-refractivity contribution < 1.29 is 18.3 Å². The summed E-state index contributed by atoms with van der Waals surface area (Å²) < 4.78 is 36.8. The van der Waals surface area contributed by atoms with Crippen LogP contribution in [0.25, 0.3) is 0 Å². The minimum atomic E-state index is -3.01. The lowest BCUT2D eigenvalue weighted by atomic mass is 10.2. The highest BCUT2D eigenvalue weighted by Crippen LogP contribution is 2.24. The number of aromatic hydroxyl groups is 1. The summed E-state index contributed by atoms with van der Waals surface area (Å²) in [4.78, 5) is 3.19. The van der Waals surface area contributed by atoms with Crippen LogP contribution in [0.3, 0.4) is 0 Å². The first-order chi connectivity index (χ1) is 6.06. The molecule has 0 aromatic carbocycles. The first kappa shape index (κ1) is 9.79. The maximum atomic E-state index is 12.7. The Bertz CT molecular complexity index is 317. The summed E-state index contributed by atoms with van der Waals surface area (Å²) in [7, 11) is 0. The third-order valence-electron chi connectivity index (χ3n) is 1.46. The van der Waals surface area contributed by atoms with E-state index in [1.807, 2.05) is 0 Å². The zero-order chi connectivity index (χ0) is 10.0. The SMILES string of the molecule is NCc1nc(C(F)F)c(F)cc1O. The van der Waals surface area contributed by atoms with Crippen LogP contribution in [0.2, 0.25) is 0 Å². The first-order valence-corrected chi connectivity index (χ1v) is 3.42. The molecule has 0 bridgehead atoms. The van der Waals surface area contributed by atoms with E-state index in [4.69, 9.17) is 10.8 Å². The molecular weight excluding hydrogens is 185 g/mol. The largest absolute Gasteiger partial charge is 0.506 e. The Morgan fingerprint density at radius 1 is 1.54 bits per heavy atom. The second-order valence-electron chi connectivity index (χ2n) is 2.33. The number of nitrogens with two attached hydrogens (primary N) is 1. The van der Waals surface area contributed by atoms with E-state index < -0.39 is 23.7 Å². The molecule has 0 amide bonds. The number of rotatable bonds is 2. The molecule has 0 aliphatic heterocycles. The molecule has 1 aromatic rings. The van der Waals surface area contributed by atoms with Crippen molar-refractivity contribution in [1.82, 2.24) is 4.98 Å². The molecule has 3 N–H and O–H groups in total. The number of hydrogen-bond donors (Lipinski definition) is 2. The van der Waals surface area contributed by atoms with E-state index >= 15 is 0 Å². The summed E-state index contributed by atoms with van der Waals surface area (Å²) in [6.45, 7) is -0.216. The summed E-state index contributed by atoms with van der Waals surface area (Å²) in [6, 6.07) is 0.580. The zero-order valence-electron chi connectivity index (χ0n) is 6.47. The average Bonchev–Trinajstić information content (AvgIpc) is 2.03. The molecule has 0 atom stereocenters. The number of hydrogen-bond acceptors (Lipinski definition) is 3. The van der Waals surface area contributed by atoms with Crippen LogP contribution in [-0.2, 0) is 6.54 Å². The van der Waals surface area contributed by atoms with Gasteiger partial charge in [0.1, 0.15) is 11.4 Å². The van der Waals surface area contributed by atoms with Crippen molar-refractivity contribution in [2.75, 3.05) is 0 Å². The van der Waals surface area contributed by atoms with Crippen molar-refractivity contribution in [3.8, 4) is 5.75 Å². The van der Waals surface area contributed by atoms with E-state index in [-0.39, 0.29) is 12.2 Å². The van der Waals surface area contributed by atoms with Gasteiger partial charge in [0.25, 0.3) is 6.43 Å². The summed E-state index contributed by atoms with van der Waals surface area (Å²) in [5, 5.41) is 8.97. The van der Waals surface area contributed by atoms with Gasteiger partial charge in [-0.3, -0.25) is 0 Å². The van der Waals surface area contributed by atoms with E-state index in [9.17, 15) is 13.2 Å². The van der Waals surface area contributed by atoms with Gasteiger partial charge in [-0.25, -0.2) is 18.2 Å². The van der Waals surface area contributed by atoms with Crippen LogP contribution in [-0.4, -0.2) is 10.1 Å². The molecule has 0 unspecified atom stereocenters. The van der Waals surface area contributed by atoms with Crippen LogP contribution in [0.4, 0.5) is 13.2 Å². The molecule has 3 nitrogen and oxygen atoms in total. The van der Waals surface area contributed by atoms with E-state index in [1.165, 1.54) is 0 Å². The second-order valence-corrected chi connectivity index (χ2v) is 2.33. The minimum absolute atomic E-state index is 0.142. The standard InChI is InChI=1S/C7H7F3N2O/c8-3-1-5(13)4(2-11)12-6(3)7(9)10/h1,7,13H,2,11H2. The van der Waals surface area contributed by atoms with Crippen LogP contribution < -0.4 is 5.73 Å². The topological polar surface area (TPSA) is 59.1 Å². The number of aromatic nitrogens is 1. The molecule has 0 aliphatic carbocycles. The zero-order valence-corrected chi connectivity index (χ0v) is 6.47. The summed E-state index contributed by atoms with van der Waals surface area (Å²) in [5.41, 5.74) is 3.95. The van der Waals surface area contributed by atoms with E-state index in [0.717, 1.165) is 0 Å². The number of alkyl halides is 2. The molecule has 1 aromatic heterocycles. The van der Waals surface area contributed by atoms with Crippen molar-refractivity contribution in [3.63, 3.8) is 0 Å². The fourth-order valence-electron chi connectivity index (χ4n) is 0.837. The smallest absolute Gasteiger partial charge is 0.283 e. The predicted molar refractivity (Wildman–Crippen MR) is 38.7 cm³/mol. The van der Waals surface area contributed by atoms with Gasteiger partial charge in [-0.15, -0.1) is 0 Å². The lowest BCUT2D eigenvalue weighted by molar-refractivity contribution is 0.140. The van der Waals surface area contributed by atoms with E-state index in [2.05, 4.69) is 4.98 Å². The van der Waals surface area contributed by atoms with Gasteiger partial charge in [0, 0.05) is 12.6 Å². The Morgan fingerprint density at radius 2 is 2.15 bits per heavy atom. The number of pyridine rings is 1. The summed E-state index contributed by atoms with van der Waals surface area (Å²) in [6.07, 6.45) is -3.01. The normalized spacial score (nSPS) is 10.8. The van der Waals surface area contributed by atoms with E-state index in [0.29, 0.717) is 6.07 Å². The van der Waals surface area contributed by atoms with Gasteiger partial charge in [0.15, 0.2) is 5.82 Å². The molecule has 0 radical (unpaired) electrons. The molecule has 0 saturated carbocycles. The monoisotopic (exact) mass is 192 g/mol.